The number of hydrogen-bond donors (Lipinski definition) is 6. The molecule has 1 aliphatic rings. The van der Waals surface area contributed by atoms with Gasteiger partial charge in [0.15, 0.2) is 30.3 Å². The van der Waals surface area contributed by atoms with E-state index in [1.807, 2.05) is 18.2 Å². The molecule has 3 aromatic carbocycles. The number of halogens is 4. The number of nitrogens with zero attached hydrogens (tertiary/aromatic N) is 1. The molecule has 3 unspecified atom stereocenters. The lowest BCUT2D eigenvalue weighted by molar-refractivity contribution is -0.688. The van der Waals surface area contributed by atoms with Crippen LogP contribution in [-0.4, -0.2) is 85.4 Å². The molecule has 1 aliphatic carbocycles. The minimum absolute atomic E-state index is 0.0512. The van der Waals surface area contributed by atoms with Crippen LogP contribution in [0.25, 0.3) is 21.9 Å². The Hall–Kier alpha value is -4.62. The molecule has 0 saturated carbocycles. The number of aromatic nitrogens is 1. The van der Waals surface area contributed by atoms with E-state index in [-0.39, 0.29) is 56.9 Å². The molecule has 3 atom stereocenters. The van der Waals surface area contributed by atoms with Gasteiger partial charge < -0.3 is 34.2 Å². The molecule has 6 N–H and O–H groups in total. The van der Waals surface area contributed by atoms with Crippen molar-refractivity contribution in [2.45, 2.75) is 75.1 Å². The van der Waals surface area contributed by atoms with Crippen LogP contribution in [0, 0.1) is 0 Å². The standard InChI is InChI=1S/C45H51Cl2F2N4O11PS/c1-66(59,60)52-32-17-19-35-34(27-32)39-33(18-20-36(41(39)62-35)63-44(48)49)43(55)51-45(37(46)26-31(29-53-22-10-5-11-23-53)40(42(45)47)64-65(56,57)58)38(54)28-50-21-9-2-3-12-24-61-25-13-8-16-30-14-6-4-7-15-30/h4-7,10-11,14-15,17-20,22-23,26-27,38,42,44,50,52,54H,2-3,8-9,12-13,16,21,24-25,28-29H2,1H3,(H2-,51,55,56,57,58)/p+1. The minimum atomic E-state index is -5.34. The molecule has 6 rings (SSSR count). The number of rotatable bonds is 25. The van der Waals surface area contributed by atoms with E-state index < -0.39 is 58.9 Å². The van der Waals surface area contributed by atoms with Crippen LogP contribution in [0.1, 0.15) is 54.4 Å². The molecule has 0 bridgehead atoms. The smallest absolute Gasteiger partial charge is 0.452 e. The van der Waals surface area contributed by atoms with Crippen molar-refractivity contribution in [2.24, 2.45) is 0 Å². The highest BCUT2D eigenvalue weighted by Gasteiger charge is 2.54. The summed E-state index contributed by atoms with van der Waals surface area (Å²) in [5, 5.41) is 16.0. The normalized spacial score (nSPS) is 17.3. The second-order valence-electron chi connectivity index (χ2n) is 15.8. The number of sulfonamides is 1. The van der Waals surface area contributed by atoms with E-state index in [9.17, 15) is 41.5 Å². The number of anilines is 1. The number of unbranched alkanes of at least 4 members (excludes halogenated alkanes) is 4. The van der Waals surface area contributed by atoms with Gasteiger partial charge in [-0.3, -0.25) is 19.3 Å². The highest BCUT2D eigenvalue weighted by atomic mass is 35.5. The molecule has 0 saturated heterocycles. The number of aryl methyl sites for hydroxylation is 1. The van der Waals surface area contributed by atoms with Crippen molar-refractivity contribution in [3.63, 3.8) is 0 Å². The van der Waals surface area contributed by atoms with Crippen LogP contribution in [-0.2, 0) is 36.8 Å². The zero-order valence-electron chi connectivity index (χ0n) is 35.9. The summed E-state index contributed by atoms with van der Waals surface area (Å²) in [7, 11) is -9.13. The monoisotopic (exact) mass is 995 g/mol. The molecule has 15 nitrogen and oxygen atoms in total. The summed E-state index contributed by atoms with van der Waals surface area (Å²) in [6, 6.07) is 21.8. The van der Waals surface area contributed by atoms with E-state index in [0.717, 1.165) is 56.9 Å². The van der Waals surface area contributed by atoms with E-state index in [2.05, 4.69) is 27.5 Å². The van der Waals surface area contributed by atoms with Gasteiger partial charge >= 0.3 is 14.4 Å². The Morgan fingerprint density at radius 2 is 1.67 bits per heavy atom. The van der Waals surface area contributed by atoms with Crippen molar-refractivity contribution in [1.82, 2.24) is 10.6 Å². The number of aliphatic hydroxyl groups is 1. The Labute approximate surface area is 391 Å². The molecule has 356 valence electrons. The average Bonchev–Trinajstić information content (AvgIpc) is 3.64. The SMILES string of the molecule is CS(=O)(=O)Nc1ccc2oc3c(OC(F)F)ccc(C(=O)NC4(C(O)CNCCCCCCOCCCCc5ccccc5)C(Cl)=CC(C[n+]5ccccc5)=C(OP(=O)(O)O)C4Cl)c3c2c1. The number of phosphoric acid groups is 1. The fraction of sp³-hybridized carbons (Fsp3) is 0.378. The molecule has 0 fully saturated rings. The lowest BCUT2D eigenvalue weighted by Gasteiger charge is -2.44. The van der Waals surface area contributed by atoms with Crippen LogP contribution in [0.4, 0.5) is 14.5 Å². The summed E-state index contributed by atoms with van der Waals surface area (Å²) in [6.07, 6.45) is 10.2. The molecular formula is C45H52Cl2F2N4O11PS+. The zero-order chi connectivity index (χ0) is 47.5. The second-order valence-corrected chi connectivity index (χ2v) is 19.5. The van der Waals surface area contributed by atoms with Gasteiger partial charge in [-0.25, -0.2) is 17.5 Å². The molecule has 0 spiro atoms. The van der Waals surface area contributed by atoms with Gasteiger partial charge in [-0.15, -0.1) is 11.6 Å². The Bertz CT molecular complexity index is 2670. The number of fused-ring (bicyclic) bond motifs is 3. The topological polar surface area (TPSA) is 210 Å². The fourth-order valence-electron chi connectivity index (χ4n) is 7.72. The predicted molar refractivity (Wildman–Crippen MR) is 247 cm³/mol. The quantitative estimate of drug-likeness (QED) is 0.0144. The highest BCUT2D eigenvalue weighted by Crippen LogP contribution is 2.49. The van der Waals surface area contributed by atoms with Crippen LogP contribution in [0.5, 0.6) is 5.75 Å². The lowest BCUT2D eigenvalue weighted by Crippen LogP contribution is -2.66. The van der Waals surface area contributed by atoms with E-state index >= 15 is 0 Å². The third-order valence-corrected chi connectivity index (χ3v) is 12.8. The van der Waals surface area contributed by atoms with Crippen LogP contribution >= 0.6 is 31.0 Å². The number of aliphatic hydroxyl groups excluding tert-OH is 1. The number of nitrogens with one attached hydrogen (secondary N) is 3. The first-order valence-electron chi connectivity index (χ1n) is 21.1. The first kappa shape index (κ1) is 50.8. The average molecular weight is 997 g/mol. The maximum atomic E-state index is 14.8. The molecule has 2 heterocycles. The number of amides is 1. The van der Waals surface area contributed by atoms with Crippen molar-refractivity contribution in [1.29, 1.82) is 0 Å². The van der Waals surface area contributed by atoms with Gasteiger partial charge in [0.2, 0.25) is 10.0 Å². The number of hydrogen-bond acceptors (Lipinski definition) is 10. The first-order valence-corrected chi connectivity index (χ1v) is 25.4. The number of ether oxygens (including phenoxy) is 2. The Morgan fingerprint density at radius 1 is 0.970 bits per heavy atom. The Balaban J connectivity index is 1.23. The van der Waals surface area contributed by atoms with Gasteiger partial charge in [-0.2, -0.15) is 8.78 Å². The van der Waals surface area contributed by atoms with Crippen molar-refractivity contribution in [3.8, 4) is 5.75 Å². The predicted octanol–water partition coefficient (Wildman–Crippen LogP) is 7.67. The van der Waals surface area contributed by atoms with Crippen LogP contribution in [0.2, 0.25) is 0 Å². The first-order chi connectivity index (χ1) is 31.4. The summed E-state index contributed by atoms with van der Waals surface area (Å²) >= 11 is 14.2. The molecule has 2 aromatic heterocycles. The number of allylic oxidation sites excluding steroid dienone is 2. The summed E-state index contributed by atoms with van der Waals surface area (Å²) in [5.74, 6) is -1.93. The number of phosphoric ester groups is 1. The molecule has 1 amide bonds. The molecular weight excluding hydrogens is 944 g/mol. The highest BCUT2D eigenvalue weighted by molar-refractivity contribution is 7.92. The van der Waals surface area contributed by atoms with E-state index in [1.54, 1.807) is 35.2 Å². The Kier molecular flexibility index (Phi) is 17.6. The van der Waals surface area contributed by atoms with E-state index in [4.69, 9.17) is 41.6 Å². The number of benzene rings is 3. The number of carbonyl (C=O) groups is 1. The fourth-order valence-corrected chi connectivity index (χ4v) is 9.78. The maximum absolute atomic E-state index is 14.8. The van der Waals surface area contributed by atoms with Crippen molar-refractivity contribution in [3.05, 3.63) is 125 Å². The minimum Gasteiger partial charge on any atom is -0.452 e. The molecule has 5 aromatic rings. The number of carbonyl (C=O) groups excluding carboxylic acids is 1. The van der Waals surface area contributed by atoms with Gasteiger partial charge in [0.05, 0.1) is 23.5 Å². The van der Waals surface area contributed by atoms with Gasteiger partial charge in [0.1, 0.15) is 22.3 Å². The maximum Gasteiger partial charge on any atom is 0.524 e. The largest absolute Gasteiger partial charge is 0.524 e. The number of furan rings is 1. The summed E-state index contributed by atoms with van der Waals surface area (Å²) in [5.41, 5.74) is -1.24. The van der Waals surface area contributed by atoms with Gasteiger partial charge in [0, 0.05) is 53.4 Å². The summed E-state index contributed by atoms with van der Waals surface area (Å²) in [6.45, 7) is -1.83. The second kappa shape index (κ2) is 22.9. The number of alkyl halides is 3. The van der Waals surface area contributed by atoms with Crippen molar-refractivity contribution in [2.75, 3.05) is 37.3 Å². The summed E-state index contributed by atoms with van der Waals surface area (Å²) < 4.78 is 89.6. The Morgan fingerprint density at radius 3 is 2.36 bits per heavy atom. The van der Waals surface area contributed by atoms with Crippen molar-refractivity contribution >= 4 is 74.6 Å². The van der Waals surface area contributed by atoms with Gasteiger partial charge in [-0.1, -0.05) is 60.8 Å². The third kappa shape index (κ3) is 13.5. The van der Waals surface area contributed by atoms with E-state index in [1.165, 1.54) is 29.8 Å². The van der Waals surface area contributed by atoms with Crippen LogP contribution < -0.4 is 24.7 Å². The van der Waals surface area contributed by atoms with Crippen LogP contribution in [0.3, 0.4) is 0 Å². The van der Waals surface area contributed by atoms with Crippen molar-refractivity contribution < 1.29 is 64.4 Å². The van der Waals surface area contributed by atoms with E-state index in [0.29, 0.717) is 26.2 Å². The molecule has 0 aliphatic heterocycles. The lowest BCUT2D eigenvalue weighted by atomic mass is 9.80. The third-order valence-electron chi connectivity index (χ3n) is 10.8. The molecule has 66 heavy (non-hydrogen) atoms. The van der Waals surface area contributed by atoms with Gasteiger partial charge in [0.25, 0.3) is 5.91 Å². The molecule has 0 radical (unpaired) electrons. The van der Waals surface area contributed by atoms with Crippen LogP contribution in [0.15, 0.2) is 118 Å². The molecule has 21 heteroatoms. The zero-order valence-corrected chi connectivity index (χ0v) is 39.1. The summed E-state index contributed by atoms with van der Waals surface area (Å²) in [4.78, 5) is 35.0. The van der Waals surface area contributed by atoms with Gasteiger partial charge in [-0.05, 0) is 80.6 Å². The number of pyridine rings is 1.